The molecule has 2 N–H and O–H groups in total. The predicted octanol–water partition coefficient (Wildman–Crippen LogP) is 4.26. The number of para-hydroxylation sites is 1. The molecule has 0 aliphatic heterocycles. The van der Waals surface area contributed by atoms with Crippen LogP contribution in [0.4, 0.5) is 5.69 Å². The van der Waals surface area contributed by atoms with Crippen LogP contribution >= 0.6 is 27.5 Å². The fraction of sp³-hybridized carbons (Fsp3) is 0.250. The minimum atomic E-state index is -0.604. The van der Waals surface area contributed by atoms with E-state index in [1.54, 1.807) is 12.1 Å². The van der Waals surface area contributed by atoms with Gasteiger partial charge in [0, 0.05) is 21.7 Å². The fourth-order valence-electron chi connectivity index (χ4n) is 1.82. The lowest BCUT2D eigenvalue weighted by molar-refractivity contribution is 0.117. The molecule has 1 atom stereocenters. The smallest absolute Gasteiger partial charge is 0.122 e. The third kappa shape index (κ3) is 4.92. The molecule has 1 unspecified atom stereocenters. The number of aryl methyl sites for hydroxylation is 1. The molecule has 0 aromatic heterocycles. The lowest BCUT2D eigenvalue weighted by atomic mass is 10.2. The van der Waals surface area contributed by atoms with Crippen LogP contribution in [0, 0.1) is 6.92 Å². The zero-order valence-corrected chi connectivity index (χ0v) is 14.0. The highest BCUT2D eigenvalue weighted by Gasteiger charge is 2.08. The molecule has 0 radical (unpaired) electrons. The van der Waals surface area contributed by atoms with Crippen molar-refractivity contribution in [3.05, 3.63) is 57.5 Å². The lowest BCUT2D eigenvalue weighted by Crippen LogP contribution is -2.26. The molecule has 21 heavy (non-hydrogen) atoms. The van der Waals surface area contributed by atoms with Crippen LogP contribution < -0.4 is 10.1 Å². The van der Waals surface area contributed by atoms with Crippen LogP contribution in [0.1, 0.15) is 5.56 Å². The molecule has 0 amide bonds. The Hall–Kier alpha value is -1.23. The van der Waals surface area contributed by atoms with Gasteiger partial charge in [0.2, 0.25) is 0 Å². The summed E-state index contributed by atoms with van der Waals surface area (Å²) in [5.74, 6) is 0.796. The highest BCUT2D eigenvalue weighted by molar-refractivity contribution is 9.10. The second kappa shape index (κ2) is 7.69. The Morgan fingerprint density at radius 2 is 2.05 bits per heavy atom. The van der Waals surface area contributed by atoms with Crippen LogP contribution in [0.3, 0.4) is 0 Å². The zero-order valence-electron chi connectivity index (χ0n) is 11.6. The largest absolute Gasteiger partial charge is 0.491 e. The van der Waals surface area contributed by atoms with Crippen LogP contribution in [0.25, 0.3) is 0 Å². The van der Waals surface area contributed by atoms with Crippen molar-refractivity contribution in [3.8, 4) is 5.75 Å². The average molecular weight is 371 g/mol. The molecule has 0 aliphatic rings. The molecule has 2 aromatic rings. The molecule has 0 saturated heterocycles. The van der Waals surface area contributed by atoms with Gasteiger partial charge < -0.3 is 15.2 Å². The molecule has 0 fully saturated rings. The first-order valence-electron chi connectivity index (χ1n) is 6.61. The van der Waals surface area contributed by atoms with Crippen molar-refractivity contribution in [1.29, 1.82) is 0 Å². The topological polar surface area (TPSA) is 41.5 Å². The first-order valence-corrected chi connectivity index (χ1v) is 7.79. The van der Waals surface area contributed by atoms with Gasteiger partial charge in [0.1, 0.15) is 18.5 Å². The number of benzene rings is 2. The summed E-state index contributed by atoms with van der Waals surface area (Å²) >= 11 is 9.31. The predicted molar refractivity (Wildman–Crippen MR) is 90.3 cm³/mol. The number of rotatable bonds is 6. The van der Waals surface area contributed by atoms with E-state index in [0.29, 0.717) is 11.6 Å². The summed E-state index contributed by atoms with van der Waals surface area (Å²) in [6.45, 7) is 2.61. The Morgan fingerprint density at radius 1 is 1.29 bits per heavy atom. The van der Waals surface area contributed by atoms with E-state index >= 15 is 0 Å². The maximum atomic E-state index is 9.98. The van der Waals surface area contributed by atoms with Gasteiger partial charge in [-0.2, -0.15) is 0 Å². The second-order valence-corrected chi connectivity index (χ2v) is 6.03. The summed E-state index contributed by atoms with van der Waals surface area (Å²) in [4.78, 5) is 0. The van der Waals surface area contributed by atoms with E-state index in [0.717, 1.165) is 21.5 Å². The normalized spacial score (nSPS) is 12.0. The number of anilines is 1. The van der Waals surface area contributed by atoms with Gasteiger partial charge >= 0.3 is 0 Å². The van der Waals surface area contributed by atoms with Gasteiger partial charge in [-0.25, -0.2) is 0 Å². The van der Waals surface area contributed by atoms with Crippen molar-refractivity contribution >= 4 is 33.2 Å². The second-order valence-electron chi connectivity index (χ2n) is 4.74. The van der Waals surface area contributed by atoms with E-state index in [1.807, 2.05) is 37.3 Å². The molecule has 2 rings (SSSR count). The summed E-state index contributed by atoms with van der Waals surface area (Å²) in [7, 11) is 0. The van der Waals surface area contributed by atoms with Gasteiger partial charge in [-0.3, -0.25) is 0 Å². The van der Waals surface area contributed by atoms with Crippen molar-refractivity contribution in [2.75, 3.05) is 18.5 Å². The Labute approximate surface area is 138 Å². The van der Waals surface area contributed by atoms with Crippen LogP contribution in [0.2, 0.25) is 5.02 Å². The third-order valence-electron chi connectivity index (χ3n) is 2.98. The molecule has 0 aliphatic carbocycles. The third-order valence-corrected chi connectivity index (χ3v) is 3.88. The Morgan fingerprint density at radius 3 is 2.76 bits per heavy atom. The SMILES string of the molecule is Cc1ccccc1OCC(O)CNc1ccc(Cl)cc1Br. The van der Waals surface area contributed by atoms with Gasteiger partial charge in [-0.15, -0.1) is 0 Å². The highest BCUT2D eigenvalue weighted by Crippen LogP contribution is 2.25. The molecule has 2 aromatic carbocycles. The summed E-state index contributed by atoms with van der Waals surface area (Å²) in [5.41, 5.74) is 1.94. The quantitative estimate of drug-likeness (QED) is 0.798. The number of hydrogen-bond acceptors (Lipinski definition) is 3. The summed E-state index contributed by atoms with van der Waals surface area (Å²) in [6, 6.07) is 13.2. The van der Waals surface area contributed by atoms with Crippen LogP contribution in [0.15, 0.2) is 46.9 Å². The van der Waals surface area contributed by atoms with E-state index in [4.69, 9.17) is 16.3 Å². The molecular weight excluding hydrogens is 354 g/mol. The Kier molecular flexibility index (Phi) is 5.91. The standard InChI is InChI=1S/C16H17BrClNO2/c1-11-4-2-3-5-16(11)21-10-13(20)9-19-15-7-6-12(18)8-14(15)17/h2-8,13,19-20H,9-10H2,1H3. The number of ether oxygens (including phenoxy) is 1. The molecule has 3 nitrogen and oxygen atoms in total. The van der Waals surface area contributed by atoms with E-state index < -0.39 is 6.10 Å². The zero-order chi connectivity index (χ0) is 15.2. The number of halogens is 2. The van der Waals surface area contributed by atoms with Crippen LogP contribution in [-0.4, -0.2) is 24.4 Å². The molecule has 5 heteroatoms. The molecule has 0 spiro atoms. The maximum absolute atomic E-state index is 9.98. The highest BCUT2D eigenvalue weighted by atomic mass is 79.9. The lowest BCUT2D eigenvalue weighted by Gasteiger charge is -2.15. The molecular formula is C16H17BrClNO2. The van der Waals surface area contributed by atoms with Crippen LogP contribution in [-0.2, 0) is 0 Å². The monoisotopic (exact) mass is 369 g/mol. The minimum absolute atomic E-state index is 0.239. The molecule has 112 valence electrons. The molecule has 0 heterocycles. The van der Waals surface area contributed by atoms with E-state index in [2.05, 4.69) is 21.2 Å². The van der Waals surface area contributed by atoms with Crippen molar-refractivity contribution in [3.63, 3.8) is 0 Å². The summed E-state index contributed by atoms with van der Waals surface area (Å²) in [6.07, 6.45) is -0.604. The number of aliphatic hydroxyl groups is 1. The average Bonchev–Trinajstić information content (AvgIpc) is 2.45. The fourth-order valence-corrected chi connectivity index (χ4v) is 2.65. The van der Waals surface area contributed by atoms with Crippen molar-refractivity contribution in [2.45, 2.75) is 13.0 Å². The first-order chi connectivity index (χ1) is 10.1. The van der Waals surface area contributed by atoms with E-state index in [9.17, 15) is 5.11 Å². The number of hydrogen-bond donors (Lipinski definition) is 2. The van der Waals surface area contributed by atoms with Gasteiger partial charge in [0.25, 0.3) is 0 Å². The minimum Gasteiger partial charge on any atom is -0.491 e. The van der Waals surface area contributed by atoms with Crippen molar-refractivity contribution < 1.29 is 9.84 Å². The number of nitrogens with one attached hydrogen (secondary N) is 1. The van der Waals surface area contributed by atoms with Gasteiger partial charge in [0.15, 0.2) is 0 Å². The van der Waals surface area contributed by atoms with Gasteiger partial charge in [0.05, 0.1) is 0 Å². The molecule has 0 saturated carbocycles. The Bertz CT molecular complexity index is 607. The Balaban J connectivity index is 1.82. The van der Waals surface area contributed by atoms with Crippen molar-refractivity contribution in [1.82, 2.24) is 0 Å². The molecule has 0 bridgehead atoms. The summed E-state index contributed by atoms with van der Waals surface area (Å²) in [5, 5.41) is 13.8. The number of aliphatic hydroxyl groups excluding tert-OH is 1. The van der Waals surface area contributed by atoms with Crippen LogP contribution in [0.5, 0.6) is 5.75 Å². The van der Waals surface area contributed by atoms with Gasteiger partial charge in [-0.05, 0) is 52.7 Å². The maximum Gasteiger partial charge on any atom is 0.122 e. The first kappa shape index (κ1) is 16.1. The van der Waals surface area contributed by atoms with Crippen molar-refractivity contribution in [2.24, 2.45) is 0 Å². The van der Waals surface area contributed by atoms with E-state index in [1.165, 1.54) is 0 Å². The van der Waals surface area contributed by atoms with Gasteiger partial charge in [-0.1, -0.05) is 29.8 Å². The van der Waals surface area contributed by atoms with E-state index in [-0.39, 0.29) is 6.61 Å². The summed E-state index contributed by atoms with van der Waals surface area (Å²) < 4.78 is 6.48.